The van der Waals surface area contributed by atoms with Crippen LogP contribution >= 0.6 is 0 Å². The molecule has 2 aromatic carbocycles. The summed E-state index contributed by atoms with van der Waals surface area (Å²) < 4.78 is 12.9. The van der Waals surface area contributed by atoms with Gasteiger partial charge in [0.15, 0.2) is 0 Å². The summed E-state index contributed by atoms with van der Waals surface area (Å²) in [4.78, 5) is 16.7. The van der Waals surface area contributed by atoms with Crippen LogP contribution in [0.5, 0.6) is 0 Å². The minimum absolute atomic E-state index is 0.272. The van der Waals surface area contributed by atoms with Gasteiger partial charge < -0.3 is 5.32 Å². The molecular weight excluding hydrogens is 267 g/mol. The molecule has 4 heteroatoms. The van der Waals surface area contributed by atoms with Crippen LogP contribution in [0, 0.1) is 12.7 Å². The van der Waals surface area contributed by atoms with Gasteiger partial charge in [-0.3, -0.25) is 9.78 Å². The molecule has 3 rings (SSSR count). The number of hydrogen-bond acceptors (Lipinski definition) is 2. The number of carbonyl (C=O) groups is 1. The molecule has 0 aliphatic rings. The topological polar surface area (TPSA) is 42.0 Å². The number of carbonyl (C=O) groups excluding carboxylic acids is 1. The van der Waals surface area contributed by atoms with E-state index < -0.39 is 0 Å². The molecule has 104 valence electrons. The van der Waals surface area contributed by atoms with Gasteiger partial charge in [0.2, 0.25) is 0 Å². The number of aryl methyl sites for hydroxylation is 1. The number of nitrogens with zero attached hydrogens (tertiary/aromatic N) is 1. The van der Waals surface area contributed by atoms with Crippen molar-refractivity contribution >= 4 is 22.5 Å². The lowest BCUT2D eigenvalue weighted by Crippen LogP contribution is -2.12. The van der Waals surface area contributed by atoms with Crippen LogP contribution in [0.25, 0.3) is 10.9 Å². The zero-order valence-electron chi connectivity index (χ0n) is 11.4. The molecule has 0 spiro atoms. The number of nitrogens with one attached hydrogen (secondary N) is 1. The van der Waals surface area contributed by atoms with Gasteiger partial charge >= 0.3 is 0 Å². The Bertz CT molecular complexity index is 813. The highest BCUT2D eigenvalue weighted by molar-refractivity contribution is 6.08. The molecule has 0 aliphatic heterocycles. The van der Waals surface area contributed by atoms with E-state index in [1.165, 1.54) is 24.3 Å². The molecule has 0 saturated heterocycles. The smallest absolute Gasteiger partial charge is 0.255 e. The van der Waals surface area contributed by atoms with Crippen molar-refractivity contribution in [2.24, 2.45) is 0 Å². The first-order valence-electron chi connectivity index (χ1n) is 6.57. The molecule has 1 N–H and O–H groups in total. The SMILES string of the molecule is Cc1cc(NC(=O)c2ccc(F)cc2)c2ccccc2n1. The molecule has 0 fully saturated rings. The van der Waals surface area contributed by atoms with Crippen LogP contribution in [0.3, 0.4) is 0 Å². The van der Waals surface area contributed by atoms with Crippen molar-refractivity contribution in [3.63, 3.8) is 0 Å². The number of aromatic nitrogens is 1. The molecule has 3 nitrogen and oxygen atoms in total. The first-order valence-corrected chi connectivity index (χ1v) is 6.57. The van der Waals surface area contributed by atoms with E-state index in [2.05, 4.69) is 10.3 Å². The number of anilines is 1. The molecule has 1 heterocycles. The molecule has 0 aliphatic carbocycles. The Labute approximate surface area is 121 Å². The molecule has 3 aromatic rings. The normalized spacial score (nSPS) is 10.6. The standard InChI is InChI=1S/C17H13FN2O/c1-11-10-16(14-4-2-3-5-15(14)19-11)20-17(21)12-6-8-13(18)9-7-12/h2-10H,1H3,(H,19,20,21). The first-order chi connectivity index (χ1) is 10.1. The Kier molecular flexibility index (Phi) is 3.36. The van der Waals surface area contributed by atoms with Crippen LogP contribution in [0.15, 0.2) is 54.6 Å². The van der Waals surface area contributed by atoms with E-state index in [-0.39, 0.29) is 11.7 Å². The first kappa shape index (κ1) is 13.2. The van der Waals surface area contributed by atoms with Crippen molar-refractivity contribution in [3.8, 4) is 0 Å². The van der Waals surface area contributed by atoms with E-state index in [9.17, 15) is 9.18 Å². The fourth-order valence-electron chi connectivity index (χ4n) is 2.21. The summed E-state index contributed by atoms with van der Waals surface area (Å²) in [5, 5.41) is 3.73. The summed E-state index contributed by atoms with van der Waals surface area (Å²) in [5.41, 5.74) is 2.76. The van der Waals surface area contributed by atoms with E-state index in [4.69, 9.17) is 0 Å². The quantitative estimate of drug-likeness (QED) is 0.772. The lowest BCUT2D eigenvalue weighted by Gasteiger charge is -2.09. The molecule has 1 aromatic heterocycles. The van der Waals surface area contributed by atoms with Crippen LogP contribution < -0.4 is 5.32 Å². The average Bonchev–Trinajstić information content (AvgIpc) is 2.47. The van der Waals surface area contributed by atoms with Crippen molar-refractivity contribution in [1.82, 2.24) is 4.98 Å². The third kappa shape index (κ3) is 2.74. The largest absolute Gasteiger partial charge is 0.321 e. The number of para-hydroxylation sites is 1. The summed E-state index contributed by atoms with van der Waals surface area (Å²) in [6.45, 7) is 1.87. The van der Waals surface area contributed by atoms with Gasteiger partial charge in [-0.05, 0) is 43.3 Å². The van der Waals surface area contributed by atoms with Crippen LogP contribution in [0.4, 0.5) is 10.1 Å². The molecule has 0 radical (unpaired) electrons. The van der Waals surface area contributed by atoms with Gasteiger partial charge in [-0.1, -0.05) is 18.2 Å². The van der Waals surface area contributed by atoms with Crippen molar-refractivity contribution in [1.29, 1.82) is 0 Å². The Morgan fingerprint density at radius 2 is 1.81 bits per heavy atom. The highest BCUT2D eigenvalue weighted by Gasteiger charge is 2.09. The second-order valence-corrected chi connectivity index (χ2v) is 4.79. The predicted molar refractivity (Wildman–Crippen MR) is 80.8 cm³/mol. The number of benzene rings is 2. The summed E-state index contributed by atoms with van der Waals surface area (Å²) in [6, 6.07) is 14.9. The number of amides is 1. The van der Waals surface area contributed by atoms with E-state index >= 15 is 0 Å². The van der Waals surface area contributed by atoms with Crippen molar-refractivity contribution < 1.29 is 9.18 Å². The molecular formula is C17H13FN2O. The zero-order chi connectivity index (χ0) is 14.8. The second kappa shape index (κ2) is 5.32. The van der Waals surface area contributed by atoms with E-state index in [0.29, 0.717) is 11.3 Å². The number of rotatable bonds is 2. The maximum atomic E-state index is 12.9. The van der Waals surface area contributed by atoms with Crippen LogP contribution in [0.1, 0.15) is 16.1 Å². The van der Waals surface area contributed by atoms with E-state index in [0.717, 1.165) is 16.6 Å². The lowest BCUT2D eigenvalue weighted by molar-refractivity contribution is 0.102. The number of fused-ring (bicyclic) bond motifs is 1. The Morgan fingerprint density at radius 3 is 2.57 bits per heavy atom. The average molecular weight is 280 g/mol. The molecule has 1 amide bonds. The minimum atomic E-state index is -0.364. The van der Waals surface area contributed by atoms with Crippen molar-refractivity contribution in [2.75, 3.05) is 5.32 Å². The molecule has 0 atom stereocenters. The summed E-state index contributed by atoms with van der Waals surface area (Å²) in [7, 11) is 0. The van der Waals surface area contributed by atoms with Crippen LogP contribution in [0.2, 0.25) is 0 Å². The van der Waals surface area contributed by atoms with Crippen molar-refractivity contribution in [2.45, 2.75) is 6.92 Å². The summed E-state index contributed by atoms with van der Waals surface area (Å²) in [5.74, 6) is -0.637. The Balaban J connectivity index is 1.98. The van der Waals surface area contributed by atoms with E-state index in [1.807, 2.05) is 37.3 Å². The fourth-order valence-corrected chi connectivity index (χ4v) is 2.21. The zero-order valence-corrected chi connectivity index (χ0v) is 11.4. The van der Waals surface area contributed by atoms with Gasteiger partial charge in [-0.15, -0.1) is 0 Å². The number of halogens is 1. The molecule has 0 saturated carbocycles. The third-order valence-electron chi connectivity index (χ3n) is 3.20. The van der Waals surface area contributed by atoms with Crippen LogP contribution in [-0.4, -0.2) is 10.9 Å². The monoisotopic (exact) mass is 280 g/mol. The van der Waals surface area contributed by atoms with Crippen molar-refractivity contribution in [3.05, 3.63) is 71.7 Å². The molecule has 0 unspecified atom stereocenters. The minimum Gasteiger partial charge on any atom is -0.321 e. The maximum Gasteiger partial charge on any atom is 0.255 e. The highest BCUT2D eigenvalue weighted by atomic mass is 19.1. The Hall–Kier alpha value is -2.75. The summed E-state index contributed by atoms with van der Waals surface area (Å²) in [6.07, 6.45) is 0. The summed E-state index contributed by atoms with van der Waals surface area (Å²) >= 11 is 0. The van der Waals surface area contributed by atoms with E-state index in [1.54, 1.807) is 0 Å². The van der Waals surface area contributed by atoms with Crippen LogP contribution in [-0.2, 0) is 0 Å². The lowest BCUT2D eigenvalue weighted by atomic mass is 10.1. The fraction of sp³-hybridized carbons (Fsp3) is 0.0588. The highest BCUT2D eigenvalue weighted by Crippen LogP contribution is 2.23. The van der Waals surface area contributed by atoms with Gasteiger partial charge in [0.1, 0.15) is 5.82 Å². The van der Waals surface area contributed by atoms with Gasteiger partial charge in [0.05, 0.1) is 11.2 Å². The second-order valence-electron chi connectivity index (χ2n) is 4.79. The predicted octanol–water partition coefficient (Wildman–Crippen LogP) is 3.93. The van der Waals surface area contributed by atoms with Gasteiger partial charge in [-0.2, -0.15) is 0 Å². The van der Waals surface area contributed by atoms with Gasteiger partial charge in [0, 0.05) is 16.6 Å². The molecule has 0 bridgehead atoms. The Morgan fingerprint density at radius 1 is 1.10 bits per heavy atom. The number of pyridine rings is 1. The maximum absolute atomic E-state index is 12.9. The number of hydrogen-bond donors (Lipinski definition) is 1. The molecule has 21 heavy (non-hydrogen) atoms. The van der Waals surface area contributed by atoms with Gasteiger partial charge in [0.25, 0.3) is 5.91 Å². The van der Waals surface area contributed by atoms with Gasteiger partial charge in [-0.25, -0.2) is 4.39 Å². The third-order valence-corrected chi connectivity index (χ3v) is 3.20.